The van der Waals surface area contributed by atoms with Gasteiger partial charge in [0.15, 0.2) is 0 Å². The average Bonchev–Trinajstić information content (AvgIpc) is 2.02. The van der Waals surface area contributed by atoms with Gasteiger partial charge >= 0.3 is 0 Å². The summed E-state index contributed by atoms with van der Waals surface area (Å²) in [5.41, 5.74) is -0.303. The Balaban J connectivity index is 2.64. The van der Waals surface area contributed by atoms with E-state index in [4.69, 9.17) is 0 Å². The lowest BCUT2D eigenvalue weighted by atomic mass is 9.75. The molecule has 0 aliphatic heterocycles. The van der Waals surface area contributed by atoms with Gasteiger partial charge in [-0.15, -0.1) is 0 Å². The molecule has 0 radical (unpaired) electrons. The van der Waals surface area contributed by atoms with Crippen molar-refractivity contribution in [2.75, 3.05) is 0 Å². The third kappa shape index (κ3) is 2.53. The van der Waals surface area contributed by atoms with E-state index in [0.717, 1.165) is 25.7 Å². The largest absolute Gasteiger partial charge is 0.392 e. The molecule has 2 unspecified atom stereocenters. The van der Waals surface area contributed by atoms with Crippen LogP contribution in [0.25, 0.3) is 0 Å². The highest BCUT2D eigenvalue weighted by molar-refractivity contribution is 5.86. The fraction of sp³-hybridized carbons (Fsp3) is 0.909. The summed E-state index contributed by atoms with van der Waals surface area (Å²) in [4.78, 5) is 11.9. The number of rotatable bonds is 1. The molecule has 1 aliphatic rings. The molecule has 0 bridgehead atoms. The maximum absolute atomic E-state index is 11.9. The zero-order valence-corrected chi connectivity index (χ0v) is 8.84. The zero-order chi connectivity index (χ0) is 10.1. The number of Topliss-reactive ketones (excluding diaryl/α,β-unsaturated/α-hetero) is 1. The quantitative estimate of drug-likeness (QED) is 0.678. The number of carbonyl (C=O) groups excluding carboxylic acids is 1. The summed E-state index contributed by atoms with van der Waals surface area (Å²) >= 11 is 0. The number of aliphatic hydroxyl groups excluding tert-OH is 1. The van der Waals surface area contributed by atoms with Crippen molar-refractivity contribution in [3.8, 4) is 0 Å². The van der Waals surface area contributed by atoms with Gasteiger partial charge in [-0.05, 0) is 12.8 Å². The van der Waals surface area contributed by atoms with Crippen molar-refractivity contribution in [1.29, 1.82) is 0 Å². The molecule has 1 aliphatic carbocycles. The van der Waals surface area contributed by atoms with Gasteiger partial charge < -0.3 is 5.11 Å². The summed E-state index contributed by atoms with van der Waals surface area (Å²) in [5, 5.41) is 9.68. The van der Waals surface area contributed by atoms with Crippen molar-refractivity contribution in [3.63, 3.8) is 0 Å². The van der Waals surface area contributed by atoms with Crippen LogP contribution in [-0.4, -0.2) is 17.0 Å². The molecule has 0 heterocycles. The summed E-state index contributed by atoms with van der Waals surface area (Å²) in [6.07, 6.45) is 3.43. The van der Waals surface area contributed by atoms with Gasteiger partial charge in [-0.1, -0.05) is 33.6 Å². The highest BCUT2D eigenvalue weighted by Gasteiger charge is 2.35. The van der Waals surface area contributed by atoms with Crippen LogP contribution in [0.5, 0.6) is 0 Å². The van der Waals surface area contributed by atoms with Crippen molar-refractivity contribution in [3.05, 3.63) is 0 Å². The van der Waals surface area contributed by atoms with E-state index in [2.05, 4.69) is 0 Å². The first kappa shape index (κ1) is 10.7. The summed E-state index contributed by atoms with van der Waals surface area (Å²) in [7, 11) is 0. The first-order chi connectivity index (χ1) is 5.93. The molecule has 0 spiro atoms. The maximum Gasteiger partial charge on any atom is 0.143 e. The second-order valence-electron chi connectivity index (χ2n) is 5.07. The van der Waals surface area contributed by atoms with Crippen LogP contribution in [0.15, 0.2) is 0 Å². The Morgan fingerprint density at radius 1 is 1.23 bits per heavy atom. The Labute approximate surface area is 80.3 Å². The van der Waals surface area contributed by atoms with Crippen molar-refractivity contribution in [1.82, 2.24) is 0 Å². The monoisotopic (exact) mass is 184 g/mol. The van der Waals surface area contributed by atoms with Crippen molar-refractivity contribution in [2.24, 2.45) is 11.3 Å². The predicted octanol–water partition coefficient (Wildman–Crippen LogP) is 2.15. The molecule has 2 nitrogen and oxygen atoms in total. The zero-order valence-electron chi connectivity index (χ0n) is 8.84. The summed E-state index contributed by atoms with van der Waals surface area (Å²) in [6, 6.07) is 0. The van der Waals surface area contributed by atoms with E-state index in [1.54, 1.807) is 0 Å². The summed E-state index contributed by atoms with van der Waals surface area (Å²) in [6.45, 7) is 5.78. The van der Waals surface area contributed by atoms with E-state index in [1.165, 1.54) is 0 Å². The predicted molar refractivity (Wildman–Crippen MR) is 52.4 cm³/mol. The molecule has 13 heavy (non-hydrogen) atoms. The van der Waals surface area contributed by atoms with Gasteiger partial charge in [0.1, 0.15) is 5.78 Å². The molecule has 1 N–H and O–H groups in total. The van der Waals surface area contributed by atoms with Gasteiger partial charge in [-0.2, -0.15) is 0 Å². The van der Waals surface area contributed by atoms with Gasteiger partial charge in [0.05, 0.1) is 6.10 Å². The minimum atomic E-state index is -0.388. The van der Waals surface area contributed by atoms with Gasteiger partial charge in [0.2, 0.25) is 0 Å². The van der Waals surface area contributed by atoms with Gasteiger partial charge in [-0.3, -0.25) is 4.79 Å². The number of carbonyl (C=O) groups is 1. The maximum atomic E-state index is 11.9. The third-order valence-corrected chi connectivity index (χ3v) is 2.81. The first-order valence-corrected chi connectivity index (χ1v) is 5.15. The minimum Gasteiger partial charge on any atom is -0.392 e. The highest BCUT2D eigenvalue weighted by atomic mass is 16.3. The van der Waals surface area contributed by atoms with E-state index in [1.807, 2.05) is 20.8 Å². The SMILES string of the molecule is CC(C)(C)C(=O)C1CCCCC1O. The molecule has 0 aromatic heterocycles. The molecule has 2 heteroatoms. The Morgan fingerprint density at radius 3 is 2.23 bits per heavy atom. The fourth-order valence-electron chi connectivity index (χ4n) is 1.97. The van der Waals surface area contributed by atoms with Crippen molar-refractivity contribution in [2.45, 2.75) is 52.6 Å². The lowest BCUT2D eigenvalue weighted by Crippen LogP contribution is -2.37. The second kappa shape index (κ2) is 3.79. The van der Waals surface area contributed by atoms with Gasteiger partial charge in [0.25, 0.3) is 0 Å². The Bertz CT molecular complexity index is 191. The Kier molecular flexibility index (Phi) is 3.12. The summed E-state index contributed by atoms with van der Waals surface area (Å²) < 4.78 is 0. The van der Waals surface area contributed by atoms with Crippen LogP contribution < -0.4 is 0 Å². The second-order valence-corrected chi connectivity index (χ2v) is 5.07. The molecule has 1 rings (SSSR count). The van der Waals surface area contributed by atoms with Crippen LogP contribution in [0, 0.1) is 11.3 Å². The smallest absolute Gasteiger partial charge is 0.143 e. The molecule has 0 amide bonds. The summed E-state index contributed by atoms with van der Waals surface area (Å²) in [5.74, 6) is 0.119. The van der Waals surface area contributed by atoms with E-state index in [-0.39, 0.29) is 23.2 Å². The van der Waals surface area contributed by atoms with Crippen LogP contribution in [0.3, 0.4) is 0 Å². The van der Waals surface area contributed by atoms with E-state index in [0.29, 0.717) is 0 Å². The molecule has 1 fully saturated rings. The minimum absolute atomic E-state index is 0.103. The lowest BCUT2D eigenvalue weighted by Gasteiger charge is -2.31. The molecule has 2 atom stereocenters. The average molecular weight is 184 g/mol. The Morgan fingerprint density at radius 2 is 1.77 bits per heavy atom. The molecule has 0 aromatic carbocycles. The third-order valence-electron chi connectivity index (χ3n) is 2.81. The van der Waals surface area contributed by atoms with E-state index < -0.39 is 0 Å². The number of ketones is 1. The Hall–Kier alpha value is -0.370. The highest BCUT2D eigenvalue weighted by Crippen LogP contribution is 2.31. The topological polar surface area (TPSA) is 37.3 Å². The van der Waals surface area contributed by atoms with E-state index in [9.17, 15) is 9.90 Å². The van der Waals surface area contributed by atoms with E-state index >= 15 is 0 Å². The lowest BCUT2D eigenvalue weighted by molar-refractivity contribution is -0.135. The van der Waals surface area contributed by atoms with Crippen LogP contribution >= 0.6 is 0 Å². The van der Waals surface area contributed by atoms with Gasteiger partial charge in [0, 0.05) is 11.3 Å². The van der Waals surface area contributed by atoms with Gasteiger partial charge in [-0.25, -0.2) is 0 Å². The van der Waals surface area contributed by atoms with Crippen molar-refractivity contribution >= 4 is 5.78 Å². The molecule has 76 valence electrons. The van der Waals surface area contributed by atoms with Crippen LogP contribution in [0.4, 0.5) is 0 Å². The molecule has 0 aromatic rings. The normalized spacial score (nSPS) is 30.2. The molecule has 1 saturated carbocycles. The number of hydrogen-bond donors (Lipinski definition) is 1. The first-order valence-electron chi connectivity index (χ1n) is 5.15. The van der Waals surface area contributed by atoms with Crippen LogP contribution in [0.1, 0.15) is 46.5 Å². The fourth-order valence-corrected chi connectivity index (χ4v) is 1.97. The number of hydrogen-bond acceptors (Lipinski definition) is 2. The van der Waals surface area contributed by atoms with Crippen LogP contribution in [0.2, 0.25) is 0 Å². The van der Waals surface area contributed by atoms with Crippen LogP contribution in [-0.2, 0) is 4.79 Å². The molecular weight excluding hydrogens is 164 g/mol. The van der Waals surface area contributed by atoms with Crippen molar-refractivity contribution < 1.29 is 9.90 Å². The molecular formula is C11H20O2. The number of aliphatic hydroxyl groups is 1. The molecule has 0 saturated heterocycles. The standard InChI is InChI=1S/C11H20O2/c1-11(2,3)10(13)8-6-4-5-7-9(8)12/h8-9,12H,4-7H2,1-3H3.